The molecule has 0 fully saturated rings. The lowest BCUT2D eigenvalue weighted by Crippen LogP contribution is -2.21. The summed E-state index contributed by atoms with van der Waals surface area (Å²) in [4.78, 5) is 24.5. The molecule has 5 rings (SSSR count). The first-order chi connectivity index (χ1) is 12.0. The van der Waals surface area contributed by atoms with Crippen molar-refractivity contribution >= 4 is 16.8 Å². The average Bonchev–Trinajstić information content (AvgIpc) is 3.23. The van der Waals surface area contributed by atoms with Gasteiger partial charge in [-0.3, -0.25) is 4.79 Å². The van der Waals surface area contributed by atoms with Gasteiger partial charge < -0.3 is 28.8 Å². The fourth-order valence-electron chi connectivity index (χ4n) is 3.76. The summed E-state index contributed by atoms with van der Waals surface area (Å²) < 4.78 is 21.8. The molecule has 2 N–H and O–H groups in total. The second-order valence-electron chi connectivity index (χ2n) is 6.10. The predicted octanol–water partition coefficient (Wildman–Crippen LogP) is 0.738. The van der Waals surface area contributed by atoms with E-state index >= 15 is 0 Å². The van der Waals surface area contributed by atoms with E-state index in [2.05, 4.69) is 0 Å². The maximum atomic E-state index is 12.4. The van der Waals surface area contributed by atoms with Gasteiger partial charge in [-0.15, -0.1) is 0 Å². The number of aliphatic hydroxyl groups excluding tert-OH is 2. The van der Waals surface area contributed by atoms with Gasteiger partial charge in [-0.05, 0) is 6.08 Å². The summed E-state index contributed by atoms with van der Waals surface area (Å²) in [7, 11) is 1.41. The van der Waals surface area contributed by atoms with Crippen LogP contribution in [0.3, 0.4) is 0 Å². The number of aliphatic hydroxyl groups is 2. The first-order valence-electron chi connectivity index (χ1n) is 7.63. The van der Waals surface area contributed by atoms with E-state index in [0.717, 1.165) is 0 Å². The SMILES string of the molecule is COc1cc2c(c3oc(=O)c4c(c13)C(O)C(O)C4=O)C1C=COC1O2. The number of rotatable bonds is 1. The maximum Gasteiger partial charge on any atom is 0.347 e. The summed E-state index contributed by atoms with van der Waals surface area (Å²) in [5.41, 5.74) is -0.503. The number of fused-ring (bicyclic) bond motifs is 7. The molecule has 4 unspecified atom stereocenters. The molecule has 0 amide bonds. The van der Waals surface area contributed by atoms with Crippen LogP contribution in [0.1, 0.15) is 33.5 Å². The predicted molar refractivity (Wildman–Crippen MR) is 81.7 cm³/mol. The van der Waals surface area contributed by atoms with Crippen molar-refractivity contribution in [2.45, 2.75) is 24.4 Å². The minimum Gasteiger partial charge on any atom is -0.496 e. The molecule has 8 heteroatoms. The van der Waals surface area contributed by atoms with Crippen molar-refractivity contribution in [1.82, 2.24) is 0 Å². The van der Waals surface area contributed by atoms with Crippen LogP contribution >= 0.6 is 0 Å². The molecule has 2 aromatic rings. The Hall–Kier alpha value is -2.84. The van der Waals surface area contributed by atoms with Crippen LogP contribution < -0.4 is 15.1 Å². The lowest BCUT2D eigenvalue weighted by molar-refractivity contribution is -0.00485. The van der Waals surface area contributed by atoms with Crippen LogP contribution in [0.25, 0.3) is 11.0 Å². The highest BCUT2D eigenvalue weighted by Crippen LogP contribution is 2.51. The lowest BCUT2D eigenvalue weighted by atomic mass is 9.95. The number of ether oxygens (including phenoxy) is 3. The lowest BCUT2D eigenvalue weighted by Gasteiger charge is -2.14. The zero-order valence-corrected chi connectivity index (χ0v) is 12.9. The molecule has 0 saturated heterocycles. The molecule has 1 aromatic heterocycles. The van der Waals surface area contributed by atoms with Crippen molar-refractivity contribution in [3.05, 3.63) is 45.5 Å². The van der Waals surface area contributed by atoms with Gasteiger partial charge in [0.05, 0.1) is 30.2 Å². The molecular formula is C17H12O8. The topological polar surface area (TPSA) is 115 Å². The second kappa shape index (κ2) is 4.62. The summed E-state index contributed by atoms with van der Waals surface area (Å²) in [6.07, 6.45) is -0.538. The minimum atomic E-state index is -1.71. The average molecular weight is 344 g/mol. The van der Waals surface area contributed by atoms with Crippen molar-refractivity contribution in [3.8, 4) is 11.5 Å². The van der Waals surface area contributed by atoms with Gasteiger partial charge in [0.2, 0.25) is 5.78 Å². The number of carbonyl (C=O) groups is 1. The Morgan fingerprint density at radius 1 is 1.16 bits per heavy atom. The molecule has 25 heavy (non-hydrogen) atoms. The third-order valence-electron chi connectivity index (χ3n) is 4.88. The summed E-state index contributed by atoms with van der Waals surface area (Å²) >= 11 is 0. The number of ketones is 1. The molecule has 8 nitrogen and oxygen atoms in total. The van der Waals surface area contributed by atoms with E-state index in [9.17, 15) is 19.8 Å². The van der Waals surface area contributed by atoms with Gasteiger partial charge in [0.25, 0.3) is 6.29 Å². The Bertz CT molecular complexity index is 1030. The van der Waals surface area contributed by atoms with Crippen LogP contribution in [0, 0.1) is 0 Å². The highest BCUT2D eigenvalue weighted by atomic mass is 16.7. The zero-order valence-electron chi connectivity index (χ0n) is 12.9. The largest absolute Gasteiger partial charge is 0.496 e. The van der Waals surface area contributed by atoms with Gasteiger partial charge in [-0.2, -0.15) is 0 Å². The van der Waals surface area contributed by atoms with Crippen LogP contribution in [-0.2, 0) is 4.74 Å². The van der Waals surface area contributed by atoms with Crippen LogP contribution in [0.2, 0.25) is 0 Å². The van der Waals surface area contributed by atoms with Crippen molar-refractivity contribution in [2.24, 2.45) is 0 Å². The Kier molecular flexibility index (Phi) is 2.68. The van der Waals surface area contributed by atoms with Gasteiger partial charge in [0, 0.05) is 11.6 Å². The number of Topliss-reactive ketones (excluding diaryl/α,β-unsaturated/α-hetero) is 1. The molecule has 1 aromatic carbocycles. The van der Waals surface area contributed by atoms with E-state index in [1.165, 1.54) is 13.4 Å². The minimum absolute atomic E-state index is 0.0229. The monoisotopic (exact) mass is 344 g/mol. The van der Waals surface area contributed by atoms with Crippen molar-refractivity contribution in [2.75, 3.05) is 7.11 Å². The van der Waals surface area contributed by atoms with Gasteiger partial charge in [-0.1, -0.05) is 0 Å². The fraction of sp³-hybridized carbons (Fsp3) is 0.294. The molecular weight excluding hydrogens is 332 g/mol. The van der Waals surface area contributed by atoms with E-state index in [4.69, 9.17) is 18.6 Å². The summed E-state index contributed by atoms with van der Waals surface area (Å²) in [5, 5.41) is 20.5. The van der Waals surface area contributed by atoms with E-state index in [-0.39, 0.29) is 33.8 Å². The van der Waals surface area contributed by atoms with Crippen molar-refractivity contribution in [3.63, 3.8) is 0 Å². The van der Waals surface area contributed by atoms with Gasteiger partial charge in [-0.25, -0.2) is 4.79 Å². The Morgan fingerprint density at radius 2 is 1.96 bits per heavy atom. The van der Waals surface area contributed by atoms with Gasteiger partial charge in [0.15, 0.2) is 0 Å². The van der Waals surface area contributed by atoms with E-state index in [0.29, 0.717) is 11.3 Å². The molecule has 0 bridgehead atoms. The van der Waals surface area contributed by atoms with Crippen LogP contribution in [0.4, 0.5) is 0 Å². The highest BCUT2D eigenvalue weighted by molar-refractivity contribution is 6.09. The number of hydrogen-bond acceptors (Lipinski definition) is 8. The molecule has 1 aliphatic carbocycles. The molecule has 4 atom stereocenters. The molecule has 2 aliphatic heterocycles. The summed E-state index contributed by atoms with van der Waals surface area (Å²) in [6, 6.07) is 1.59. The third kappa shape index (κ3) is 1.62. The maximum absolute atomic E-state index is 12.4. The third-order valence-corrected chi connectivity index (χ3v) is 4.88. The Labute approximate surface area is 139 Å². The molecule has 3 heterocycles. The van der Waals surface area contributed by atoms with Gasteiger partial charge >= 0.3 is 5.63 Å². The fourth-order valence-corrected chi connectivity index (χ4v) is 3.76. The number of carbonyl (C=O) groups excluding carboxylic acids is 1. The van der Waals surface area contributed by atoms with Crippen LogP contribution in [-0.4, -0.2) is 35.5 Å². The van der Waals surface area contributed by atoms with Gasteiger partial charge in [0.1, 0.15) is 34.9 Å². The summed E-state index contributed by atoms with van der Waals surface area (Å²) in [5.74, 6) is -0.451. The van der Waals surface area contributed by atoms with Crippen molar-refractivity contribution in [1.29, 1.82) is 0 Å². The van der Waals surface area contributed by atoms with E-state index in [1.54, 1.807) is 12.1 Å². The standard InChI is InChI=1S/C17H12O8/c1-22-6-4-7-8(5-2-3-23-17(5)24-7)15-9(6)10-11(16(21)25-15)13(19)14(20)12(10)18/h2-5,12,14,17-18,20H,1H3. The first-order valence-corrected chi connectivity index (χ1v) is 7.63. The second-order valence-corrected chi connectivity index (χ2v) is 6.10. The summed E-state index contributed by atoms with van der Waals surface area (Å²) in [6.45, 7) is 0. The van der Waals surface area contributed by atoms with Crippen LogP contribution in [0.15, 0.2) is 27.6 Å². The van der Waals surface area contributed by atoms with E-state index < -0.39 is 29.9 Å². The number of benzene rings is 1. The Balaban J connectivity index is 1.95. The van der Waals surface area contributed by atoms with Crippen LogP contribution in [0.5, 0.6) is 11.5 Å². The highest BCUT2D eigenvalue weighted by Gasteiger charge is 2.46. The zero-order chi connectivity index (χ0) is 17.5. The number of methoxy groups -OCH3 is 1. The number of hydrogen-bond donors (Lipinski definition) is 2. The molecule has 0 radical (unpaired) electrons. The molecule has 0 saturated carbocycles. The van der Waals surface area contributed by atoms with Crippen molar-refractivity contribution < 1.29 is 33.6 Å². The smallest absolute Gasteiger partial charge is 0.347 e. The van der Waals surface area contributed by atoms with E-state index in [1.807, 2.05) is 0 Å². The molecule has 0 spiro atoms. The molecule has 128 valence electrons. The normalized spacial score (nSPS) is 28.5. The first kappa shape index (κ1) is 14.5. The molecule has 3 aliphatic rings. The quantitative estimate of drug-likeness (QED) is 0.728. The Morgan fingerprint density at radius 3 is 2.72 bits per heavy atom.